The molecular formula is C12H24N4O4-2. The standard InChI is InChI=1S/C12H26N4O4/c13-15(11(17)18)9-7-5-3-1-2-4-6-8-10-16(14)12(19)20/h1-10,13-14H2,(H,17,18)(H,19,20)/p-2. The molecule has 0 aliphatic rings. The molecule has 0 spiro atoms. The van der Waals surface area contributed by atoms with Gasteiger partial charge in [0.15, 0.2) is 12.2 Å². The number of carbonyl (C=O) groups is 2. The van der Waals surface area contributed by atoms with Gasteiger partial charge >= 0.3 is 0 Å². The first kappa shape index (κ1) is 18.5. The highest BCUT2D eigenvalue weighted by atomic mass is 16.4. The summed E-state index contributed by atoms with van der Waals surface area (Å²) in [4.78, 5) is 20.6. The molecule has 0 radical (unpaired) electrons. The highest BCUT2D eigenvalue weighted by molar-refractivity contribution is 5.61. The van der Waals surface area contributed by atoms with E-state index in [1.807, 2.05) is 0 Å². The van der Waals surface area contributed by atoms with Crippen LogP contribution in [0, 0.1) is 0 Å². The van der Waals surface area contributed by atoms with E-state index in [1.165, 1.54) is 0 Å². The van der Waals surface area contributed by atoms with E-state index in [4.69, 9.17) is 11.7 Å². The van der Waals surface area contributed by atoms with Crippen LogP contribution in [0.4, 0.5) is 9.59 Å². The summed E-state index contributed by atoms with van der Waals surface area (Å²) in [7, 11) is 0. The van der Waals surface area contributed by atoms with Crippen molar-refractivity contribution in [3.05, 3.63) is 0 Å². The summed E-state index contributed by atoms with van der Waals surface area (Å²) in [5.74, 6) is 10.3. The van der Waals surface area contributed by atoms with Crippen molar-refractivity contribution in [2.24, 2.45) is 11.7 Å². The van der Waals surface area contributed by atoms with Gasteiger partial charge in [0.25, 0.3) is 0 Å². The molecular weight excluding hydrogens is 264 g/mol. The second kappa shape index (κ2) is 11.3. The summed E-state index contributed by atoms with van der Waals surface area (Å²) in [6.07, 6.45) is 4.84. The van der Waals surface area contributed by atoms with E-state index >= 15 is 0 Å². The number of hydrazine groups is 2. The average Bonchev–Trinajstić information content (AvgIpc) is 2.39. The van der Waals surface area contributed by atoms with Crippen molar-refractivity contribution in [2.45, 2.75) is 51.4 Å². The van der Waals surface area contributed by atoms with Gasteiger partial charge in [0.2, 0.25) is 0 Å². The number of nitrogens with two attached hydrogens (primary N) is 2. The summed E-state index contributed by atoms with van der Waals surface area (Å²) >= 11 is 0. The molecule has 0 aromatic carbocycles. The largest absolute Gasteiger partial charge is 0.529 e. The van der Waals surface area contributed by atoms with Crippen molar-refractivity contribution in [1.29, 1.82) is 0 Å². The van der Waals surface area contributed by atoms with Gasteiger partial charge in [-0.2, -0.15) is 0 Å². The van der Waals surface area contributed by atoms with Crippen LogP contribution in [-0.2, 0) is 0 Å². The topological polar surface area (TPSA) is 139 Å². The highest BCUT2D eigenvalue weighted by Crippen LogP contribution is 2.08. The molecule has 0 aromatic rings. The fourth-order valence-corrected chi connectivity index (χ4v) is 1.81. The maximum absolute atomic E-state index is 10.3. The molecule has 0 unspecified atom stereocenters. The molecule has 20 heavy (non-hydrogen) atoms. The van der Waals surface area contributed by atoms with Crippen molar-refractivity contribution in [2.75, 3.05) is 13.1 Å². The van der Waals surface area contributed by atoms with E-state index in [0.29, 0.717) is 23.1 Å². The molecule has 0 heterocycles. The van der Waals surface area contributed by atoms with E-state index in [9.17, 15) is 19.8 Å². The van der Waals surface area contributed by atoms with Gasteiger partial charge in [0, 0.05) is 13.1 Å². The van der Waals surface area contributed by atoms with Crippen LogP contribution in [0.25, 0.3) is 0 Å². The van der Waals surface area contributed by atoms with Crippen LogP contribution >= 0.6 is 0 Å². The van der Waals surface area contributed by atoms with Gasteiger partial charge in [0.1, 0.15) is 0 Å². The summed E-state index contributed by atoms with van der Waals surface area (Å²) in [6, 6.07) is 0. The van der Waals surface area contributed by atoms with Crippen molar-refractivity contribution in [3.63, 3.8) is 0 Å². The molecule has 0 aromatic heterocycles. The first-order valence-corrected chi connectivity index (χ1v) is 6.91. The van der Waals surface area contributed by atoms with Gasteiger partial charge in [-0.25, -0.2) is 11.7 Å². The predicted octanol–water partition coefficient (Wildman–Crippen LogP) is -0.855. The zero-order valence-electron chi connectivity index (χ0n) is 11.8. The molecule has 2 amide bonds. The molecule has 8 nitrogen and oxygen atoms in total. The van der Waals surface area contributed by atoms with Crippen LogP contribution < -0.4 is 21.9 Å². The maximum atomic E-state index is 10.3. The average molecular weight is 288 g/mol. The monoisotopic (exact) mass is 288 g/mol. The third-order valence-corrected chi connectivity index (χ3v) is 3.02. The Hall–Kier alpha value is -1.54. The molecule has 0 atom stereocenters. The number of hydrogen-bond acceptors (Lipinski definition) is 6. The lowest BCUT2D eigenvalue weighted by Crippen LogP contribution is -2.46. The van der Waals surface area contributed by atoms with Crippen LogP contribution in [0.2, 0.25) is 0 Å². The Morgan fingerprint density at radius 2 is 0.900 bits per heavy atom. The molecule has 4 N–H and O–H groups in total. The van der Waals surface area contributed by atoms with Crippen LogP contribution in [0.5, 0.6) is 0 Å². The lowest BCUT2D eigenvalue weighted by atomic mass is 10.1. The first-order chi connectivity index (χ1) is 9.45. The molecule has 0 saturated heterocycles. The number of amides is 2. The molecule has 0 aliphatic heterocycles. The van der Waals surface area contributed by atoms with Crippen LogP contribution in [0.15, 0.2) is 0 Å². The fraction of sp³-hybridized carbons (Fsp3) is 0.833. The summed E-state index contributed by atoms with van der Waals surface area (Å²) < 4.78 is 0. The van der Waals surface area contributed by atoms with E-state index in [-0.39, 0.29) is 0 Å². The fourth-order valence-electron chi connectivity index (χ4n) is 1.81. The molecule has 0 fully saturated rings. The third-order valence-electron chi connectivity index (χ3n) is 3.02. The normalized spacial score (nSPS) is 10.3. The molecule has 0 aliphatic carbocycles. The predicted molar refractivity (Wildman–Crippen MR) is 69.5 cm³/mol. The molecule has 0 saturated carbocycles. The van der Waals surface area contributed by atoms with Crippen molar-refractivity contribution in [3.8, 4) is 0 Å². The van der Waals surface area contributed by atoms with Gasteiger partial charge < -0.3 is 19.8 Å². The SMILES string of the molecule is NN(CCCCCCCCCCN(N)C(=O)[O-])C(=O)[O-]. The number of unbranched alkanes of at least 4 members (excludes halogenated alkanes) is 7. The first-order valence-electron chi connectivity index (χ1n) is 6.91. The van der Waals surface area contributed by atoms with Crippen LogP contribution in [0.3, 0.4) is 0 Å². The maximum Gasteiger partial charge on any atom is 0.151 e. The van der Waals surface area contributed by atoms with Crippen LogP contribution in [0.1, 0.15) is 51.4 Å². The van der Waals surface area contributed by atoms with Gasteiger partial charge in [-0.3, -0.25) is 10.0 Å². The highest BCUT2D eigenvalue weighted by Gasteiger charge is 1.99. The molecule has 118 valence electrons. The summed E-state index contributed by atoms with van der Waals surface area (Å²) in [5, 5.41) is 22.0. The zero-order chi connectivity index (χ0) is 15.4. The second-order valence-electron chi connectivity index (χ2n) is 4.75. The van der Waals surface area contributed by atoms with Crippen molar-refractivity contribution in [1.82, 2.24) is 10.0 Å². The van der Waals surface area contributed by atoms with E-state index in [1.54, 1.807) is 0 Å². The molecule has 0 bridgehead atoms. The van der Waals surface area contributed by atoms with Gasteiger partial charge in [-0.15, -0.1) is 0 Å². The molecule has 0 rings (SSSR count). The Labute approximate surface area is 119 Å². The minimum absolute atomic E-state index is 0.303. The van der Waals surface area contributed by atoms with Gasteiger partial charge in [-0.05, 0) is 12.8 Å². The lowest BCUT2D eigenvalue weighted by Gasteiger charge is -2.18. The minimum atomic E-state index is -1.35. The third kappa shape index (κ3) is 10.4. The van der Waals surface area contributed by atoms with Crippen molar-refractivity contribution >= 4 is 12.2 Å². The number of hydrogen-bond donors (Lipinski definition) is 2. The Bertz CT molecular complexity index is 261. The number of carboxylic acid groups (broad SMARTS) is 2. The van der Waals surface area contributed by atoms with E-state index in [0.717, 1.165) is 51.4 Å². The number of rotatable bonds is 11. The van der Waals surface area contributed by atoms with Gasteiger partial charge in [0.05, 0.1) is 0 Å². The van der Waals surface area contributed by atoms with Gasteiger partial charge in [-0.1, -0.05) is 38.5 Å². The van der Waals surface area contributed by atoms with E-state index in [2.05, 4.69) is 0 Å². The zero-order valence-corrected chi connectivity index (χ0v) is 11.8. The van der Waals surface area contributed by atoms with Crippen LogP contribution in [-0.4, -0.2) is 35.3 Å². The minimum Gasteiger partial charge on any atom is -0.529 e. The smallest absolute Gasteiger partial charge is 0.151 e. The Balaban J connectivity index is 3.21. The molecule has 8 heteroatoms. The quantitative estimate of drug-likeness (QED) is 0.219. The number of nitrogens with zero attached hydrogens (tertiary/aromatic N) is 2. The number of carbonyl (C=O) groups excluding carboxylic acids is 2. The Morgan fingerprint density at radius 3 is 1.15 bits per heavy atom. The Morgan fingerprint density at radius 1 is 0.650 bits per heavy atom. The second-order valence-corrected chi connectivity index (χ2v) is 4.75. The summed E-state index contributed by atoms with van der Waals surface area (Å²) in [5.41, 5.74) is 0. The summed E-state index contributed by atoms with van der Waals surface area (Å²) in [6.45, 7) is 0.607. The lowest BCUT2D eigenvalue weighted by molar-refractivity contribution is -0.267. The van der Waals surface area contributed by atoms with Crippen molar-refractivity contribution < 1.29 is 19.8 Å². The van der Waals surface area contributed by atoms with E-state index < -0.39 is 12.2 Å². The Kier molecular flexibility index (Phi) is 10.4.